The van der Waals surface area contributed by atoms with E-state index in [9.17, 15) is 0 Å². The Labute approximate surface area is 120 Å². The predicted molar refractivity (Wildman–Crippen MR) is 79.3 cm³/mol. The molecule has 0 radical (unpaired) electrons. The van der Waals surface area contributed by atoms with Crippen molar-refractivity contribution in [2.75, 3.05) is 44.9 Å². The molecule has 0 aromatic carbocycles. The van der Waals surface area contributed by atoms with E-state index in [0.717, 1.165) is 6.54 Å². The first-order valence-electron chi connectivity index (χ1n) is 7.07. The van der Waals surface area contributed by atoms with Crippen LogP contribution < -0.4 is 15.4 Å². The van der Waals surface area contributed by atoms with Gasteiger partial charge in [0.1, 0.15) is 0 Å². The maximum atomic E-state index is 5.36. The van der Waals surface area contributed by atoms with Crippen molar-refractivity contribution in [3.63, 3.8) is 0 Å². The fourth-order valence-corrected chi connectivity index (χ4v) is 2.35. The van der Waals surface area contributed by atoms with Crippen molar-refractivity contribution in [1.29, 1.82) is 0 Å². The fraction of sp³-hybridized carbons (Fsp3) is 0.769. The Morgan fingerprint density at radius 1 is 1.20 bits per heavy atom. The van der Waals surface area contributed by atoms with Gasteiger partial charge in [0.15, 0.2) is 0 Å². The SMILES string of the molecule is CCOc1nc(NC)nc(NCC2(N(C)C)CCC2)n1. The second kappa shape index (κ2) is 6.21. The van der Waals surface area contributed by atoms with E-state index in [0.29, 0.717) is 24.5 Å². The van der Waals surface area contributed by atoms with Crippen LogP contribution in [-0.4, -0.2) is 59.7 Å². The van der Waals surface area contributed by atoms with E-state index in [1.807, 2.05) is 6.92 Å². The van der Waals surface area contributed by atoms with Gasteiger partial charge in [-0.25, -0.2) is 0 Å². The van der Waals surface area contributed by atoms with E-state index in [4.69, 9.17) is 4.74 Å². The molecule has 1 aliphatic carbocycles. The second-order valence-electron chi connectivity index (χ2n) is 5.27. The Kier molecular flexibility index (Phi) is 4.59. The fourth-order valence-electron chi connectivity index (χ4n) is 2.35. The van der Waals surface area contributed by atoms with Gasteiger partial charge in [0.25, 0.3) is 0 Å². The molecule has 1 fully saturated rings. The summed E-state index contributed by atoms with van der Waals surface area (Å²) in [5.41, 5.74) is 0.220. The van der Waals surface area contributed by atoms with Gasteiger partial charge in [-0.15, -0.1) is 0 Å². The van der Waals surface area contributed by atoms with Gasteiger partial charge in [-0.1, -0.05) is 0 Å². The zero-order chi connectivity index (χ0) is 14.6. The summed E-state index contributed by atoms with van der Waals surface area (Å²) >= 11 is 0. The molecule has 0 atom stereocenters. The first kappa shape index (κ1) is 14.8. The zero-order valence-electron chi connectivity index (χ0n) is 12.7. The summed E-state index contributed by atoms with van der Waals surface area (Å²) in [5, 5.41) is 6.24. The highest BCUT2D eigenvalue weighted by molar-refractivity contribution is 5.36. The summed E-state index contributed by atoms with van der Waals surface area (Å²) in [6, 6.07) is 0.349. The highest BCUT2D eigenvalue weighted by atomic mass is 16.5. The van der Waals surface area contributed by atoms with Crippen molar-refractivity contribution in [3.8, 4) is 6.01 Å². The third-order valence-corrected chi connectivity index (χ3v) is 3.92. The zero-order valence-corrected chi connectivity index (χ0v) is 12.7. The van der Waals surface area contributed by atoms with Gasteiger partial charge in [-0.05, 0) is 40.3 Å². The quantitative estimate of drug-likeness (QED) is 0.777. The third-order valence-electron chi connectivity index (χ3n) is 3.92. The minimum Gasteiger partial charge on any atom is -0.464 e. The van der Waals surface area contributed by atoms with Crippen LogP contribution >= 0.6 is 0 Å². The number of hydrogen-bond acceptors (Lipinski definition) is 7. The van der Waals surface area contributed by atoms with Crippen molar-refractivity contribution in [1.82, 2.24) is 19.9 Å². The molecular formula is C13H24N6O. The summed E-state index contributed by atoms with van der Waals surface area (Å²) in [7, 11) is 6.03. The maximum absolute atomic E-state index is 5.36. The first-order chi connectivity index (χ1) is 9.59. The lowest BCUT2D eigenvalue weighted by atomic mass is 9.75. The molecule has 0 bridgehead atoms. The van der Waals surface area contributed by atoms with Crippen LogP contribution in [0, 0.1) is 0 Å². The van der Waals surface area contributed by atoms with E-state index < -0.39 is 0 Å². The number of anilines is 2. The Hall–Kier alpha value is -1.63. The molecule has 0 unspecified atom stereocenters. The van der Waals surface area contributed by atoms with Gasteiger partial charge >= 0.3 is 6.01 Å². The molecule has 112 valence electrons. The van der Waals surface area contributed by atoms with Crippen LogP contribution in [0.4, 0.5) is 11.9 Å². The standard InChI is InChI=1S/C13H24N6O/c1-5-20-12-17-10(14-2)16-11(18-12)15-9-13(19(3)4)7-6-8-13/h5-9H2,1-4H3,(H2,14,15,16,17,18). The number of aromatic nitrogens is 3. The molecule has 7 nitrogen and oxygen atoms in total. The van der Waals surface area contributed by atoms with Crippen molar-refractivity contribution in [2.24, 2.45) is 0 Å². The minimum absolute atomic E-state index is 0.220. The lowest BCUT2D eigenvalue weighted by Gasteiger charge is -2.47. The van der Waals surface area contributed by atoms with E-state index in [1.165, 1.54) is 19.3 Å². The van der Waals surface area contributed by atoms with Crippen molar-refractivity contribution < 1.29 is 4.74 Å². The number of likely N-dealkylation sites (N-methyl/N-ethyl adjacent to an activating group) is 1. The van der Waals surface area contributed by atoms with Crippen LogP contribution in [0.25, 0.3) is 0 Å². The van der Waals surface area contributed by atoms with Gasteiger partial charge in [0.05, 0.1) is 6.61 Å². The molecule has 1 aliphatic rings. The number of rotatable bonds is 7. The van der Waals surface area contributed by atoms with Crippen LogP contribution in [-0.2, 0) is 0 Å². The molecule has 1 aromatic rings. The summed E-state index contributed by atoms with van der Waals surface area (Å²) in [6.45, 7) is 3.28. The molecule has 0 aliphatic heterocycles. The maximum Gasteiger partial charge on any atom is 0.323 e. The van der Waals surface area contributed by atoms with E-state index >= 15 is 0 Å². The van der Waals surface area contributed by atoms with Crippen LogP contribution in [0.15, 0.2) is 0 Å². The smallest absolute Gasteiger partial charge is 0.323 e. The molecule has 0 amide bonds. The molecule has 0 spiro atoms. The highest BCUT2D eigenvalue weighted by Crippen LogP contribution is 2.36. The average Bonchev–Trinajstić information content (AvgIpc) is 2.37. The molecule has 20 heavy (non-hydrogen) atoms. The Morgan fingerprint density at radius 2 is 1.90 bits per heavy atom. The summed E-state index contributed by atoms with van der Waals surface area (Å²) < 4.78 is 5.36. The molecular weight excluding hydrogens is 256 g/mol. The number of nitrogens with zero attached hydrogens (tertiary/aromatic N) is 4. The predicted octanol–water partition coefficient (Wildman–Crippen LogP) is 1.21. The minimum atomic E-state index is 0.220. The molecule has 0 saturated heterocycles. The third kappa shape index (κ3) is 3.09. The van der Waals surface area contributed by atoms with Crippen molar-refractivity contribution >= 4 is 11.9 Å². The molecule has 2 N–H and O–H groups in total. The van der Waals surface area contributed by atoms with Crippen LogP contribution in [0.3, 0.4) is 0 Å². The summed E-state index contributed by atoms with van der Waals surface area (Å²) in [5.74, 6) is 1.07. The second-order valence-corrected chi connectivity index (χ2v) is 5.27. The van der Waals surface area contributed by atoms with Gasteiger partial charge in [-0.2, -0.15) is 15.0 Å². The van der Waals surface area contributed by atoms with Crippen molar-refractivity contribution in [2.45, 2.75) is 31.7 Å². The summed E-state index contributed by atoms with van der Waals surface area (Å²) in [6.07, 6.45) is 3.69. The molecule has 1 aromatic heterocycles. The van der Waals surface area contributed by atoms with Crippen LogP contribution in [0.2, 0.25) is 0 Å². The monoisotopic (exact) mass is 280 g/mol. The number of ether oxygens (including phenoxy) is 1. The molecule has 2 rings (SSSR count). The van der Waals surface area contributed by atoms with Crippen LogP contribution in [0.1, 0.15) is 26.2 Å². The summed E-state index contributed by atoms with van der Waals surface area (Å²) in [4.78, 5) is 15.0. The number of nitrogens with one attached hydrogen (secondary N) is 2. The lowest BCUT2D eigenvalue weighted by Crippen LogP contribution is -2.54. The normalized spacial score (nSPS) is 16.6. The van der Waals surface area contributed by atoms with Gasteiger partial charge in [-0.3, -0.25) is 0 Å². The highest BCUT2D eigenvalue weighted by Gasteiger charge is 2.38. The first-order valence-corrected chi connectivity index (χ1v) is 7.07. The van der Waals surface area contributed by atoms with Gasteiger partial charge in [0.2, 0.25) is 11.9 Å². The lowest BCUT2D eigenvalue weighted by molar-refractivity contribution is 0.0737. The van der Waals surface area contributed by atoms with Crippen molar-refractivity contribution in [3.05, 3.63) is 0 Å². The van der Waals surface area contributed by atoms with Gasteiger partial charge in [0, 0.05) is 19.1 Å². The largest absolute Gasteiger partial charge is 0.464 e. The average molecular weight is 280 g/mol. The molecule has 1 saturated carbocycles. The Bertz CT molecular complexity index is 446. The topological polar surface area (TPSA) is 75.2 Å². The van der Waals surface area contributed by atoms with E-state index in [-0.39, 0.29) is 5.54 Å². The van der Waals surface area contributed by atoms with Gasteiger partial charge < -0.3 is 20.3 Å². The Balaban J connectivity index is 2.06. The Morgan fingerprint density at radius 3 is 2.40 bits per heavy atom. The molecule has 1 heterocycles. The van der Waals surface area contributed by atoms with E-state index in [1.54, 1.807) is 7.05 Å². The van der Waals surface area contributed by atoms with E-state index in [2.05, 4.69) is 44.6 Å². The number of hydrogen-bond donors (Lipinski definition) is 2. The molecule has 7 heteroatoms. The van der Waals surface area contributed by atoms with Crippen LogP contribution in [0.5, 0.6) is 6.01 Å².